The summed E-state index contributed by atoms with van der Waals surface area (Å²) in [6.45, 7) is 0.907. The topological polar surface area (TPSA) is 76.1 Å². The van der Waals surface area contributed by atoms with Crippen LogP contribution in [0.1, 0.15) is 16.8 Å². The maximum absolute atomic E-state index is 13.3. The van der Waals surface area contributed by atoms with Gasteiger partial charge in [-0.15, -0.1) is 0 Å². The van der Waals surface area contributed by atoms with Crippen LogP contribution in [0.25, 0.3) is 10.9 Å². The third kappa shape index (κ3) is 4.32. The number of hydrogen-bond donors (Lipinski definition) is 2. The second kappa shape index (κ2) is 8.41. The van der Waals surface area contributed by atoms with Gasteiger partial charge >= 0.3 is 0 Å². The molecule has 0 unspecified atom stereocenters. The molecule has 0 saturated heterocycles. The van der Waals surface area contributed by atoms with E-state index in [1.807, 2.05) is 0 Å². The number of halogens is 2. The van der Waals surface area contributed by atoms with E-state index < -0.39 is 17.5 Å². The lowest BCUT2D eigenvalue weighted by Gasteiger charge is -2.10. The number of rotatable bonds is 6. The number of amides is 1. The molecule has 0 spiro atoms. The first-order valence-corrected chi connectivity index (χ1v) is 8.83. The summed E-state index contributed by atoms with van der Waals surface area (Å²) < 4.78 is 33.2. The molecular formula is C19H17F2N3O3S. The van der Waals surface area contributed by atoms with Gasteiger partial charge in [0.1, 0.15) is 11.6 Å². The lowest BCUT2D eigenvalue weighted by molar-refractivity contribution is 0.102. The normalized spacial score (nSPS) is 11.0. The average Bonchev–Trinajstić information content (AvgIpc) is 2.63. The van der Waals surface area contributed by atoms with Crippen LogP contribution in [-0.2, 0) is 11.3 Å². The number of carbonyl (C=O) groups excluding carboxylic acids is 1. The monoisotopic (exact) mass is 405 g/mol. The van der Waals surface area contributed by atoms with Crippen LogP contribution >= 0.6 is 12.2 Å². The van der Waals surface area contributed by atoms with E-state index in [0.717, 1.165) is 12.1 Å². The van der Waals surface area contributed by atoms with Gasteiger partial charge < -0.3 is 15.0 Å². The highest BCUT2D eigenvalue weighted by molar-refractivity contribution is 7.71. The maximum Gasteiger partial charge on any atom is 0.262 e. The lowest BCUT2D eigenvalue weighted by Crippen LogP contribution is -2.23. The van der Waals surface area contributed by atoms with Gasteiger partial charge in [-0.1, -0.05) is 0 Å². The van der Waals surface area contributed by atoms with Crippen LogP contribution in [0.15, 0.2) is 41.2 Å². The summed E-state index contributed by atoms with van der Waals surface area (Å²) in [7, 11) is 1.58. The second-order valence-electron chi connectivity index (χ2n) is 6.11. The number of hydrogen-bond acceptors (Lipinski definition) is 4. The Bertz CT molecular complexity index is 1140. The molecule has 0 aliphatic rings. The van der Waals surface area contributed by atoms with E-state index in [1.54, 1.807) is 7.11 Å². The van der Waals surface area contributed by atoms with E-state index >= 15 is 0 Å². The van der Waals surface area contributed by atoms with Crippen molar-refractivity contribution in [2.75, 3.05) is 19.0 Å². The van der Waals surface area contributed by atoms with Crippen molar-refractivity contribution in [3.05, 3.63) is 68.7 Å². The van der Waals surface area contributed by atoms with E-state index in [2.05, 4.69) is 10.3 Å². The van der Waals surface area contributed by atoms with E-state index in [9.17, 15) is 18.4 Å². The molecule has 0 aliphatic carbocycles. The lowest BCUT2D eigenvalue weighted by atomic mass is 10.1. The van der Waals surface area contributed by atoms with Gasteiger partial charge in [0, 0.05) is 37.6 Å². The van der Waals surface area contributed by atoms with E-state index in [-0.39, 0.29) is 21.6 Å². The fourth-order valence-electron chi connectivity index (χ4n) is 2.80. The Balaban J connectivity index is 1.91. The highest BCUT2D eigenvalue weighted by Gasteiger charge is 2.12. The number of methoxy groups -OCH3 is 1. The molecule has 1 heterocycles. The van der Waals surface area contributed by atoms with Crippen LogP contribution in [0.2, 0.25) is 0 Å². The molecule has 2 aromatic carbocycles. The van der Waals surface area contributed by atoms with E-state index in [0.29, 0.717) is 36.5 Å². The number of nitrogens with zero attached hydrogens (tertiary/aromatic N) is 1. The van der Waals surface area contributed by atoms with Crippen molar-refractivity contribution >= 4 is 34.7 Å². The molecule has 2 N–H and O–H groups in total. The summed E-state index contributed by atoms with van der Waals surface area (Å²) in [5, 5.41) is 2.80. The summed E-state index contributed by atoms with van der Waals surface area (Å²) >= 11 is 5.24. The van der Waals surface area contributed by atoms with Crippen LogP contribution < -0.4 is 10.9 Å². The fraction of sp³-hybridized carbons (Fsp3) is 0.211. The van der Waals surface area contributed by atoms with Crippen molar-refractivity contribution in [2.45, 2.75) is 13.0 Å². The number of fused-ring (bicyclic) bond motifs is 1. The van der Waals surface area contributed by atoms with Gasteiger partial charge in [0.15, 0.2) is 4.77 Å². The van der Waals surface area contributed by atoms with Crippen molar-refractivity contribution in [1.82, 2.24) is 9.55 Å². The Kier molecular flexibility index (Phi) is 5.96. The van der Waals surface area contributed by atoms with Gasteiger partial charge in [-0.05, 0) is 49.0 Å². The quantitative estimate of drug-likeness (QED) is 0.485. The second-order valence-corrected chi connectivity index (χ2v) is 6.49. The summed E-state index contributed by atoms with van der Waals surface area (Å²) in [5.41, 5.74) is 0.327. The minimum absolute atomic E-state index is 0.0101. The third-order valence-electron chi connectivity index (χ3n) is 4.09. The number of ether oxygens (including phenoxy) is 1. The number of anilines is 1. The highest BCUT2D eigenvalue weighted by Crippen LogP contribution is 2.16. The average molecular weight is 405 g/mol. The van der Waals surface area contributed by atoms with Crippen molar-refractivity contribution in [2.24, 2.45) is 0 Å². The van der Waals surface area contributed by atoms with Gasteiger partial charge in [-0.2, -0.15) is 0 Å². The SMILES string of the molecule is COCCCn1c(=S)[nH]c2cc(C(=O)Nc3cc(F)cc(F)c3)ccc2c1=O. The van der Waals surface area contributed by atoms with Gasteiger partial charge in [0.25, 0.3) is 11.5 Å². The number of carbonyl (C=O) groups is 1. The molecule has 0 atom stereocenters. The molecule has 6 nitrogen and oxygen atoms in total. The molecule has 0 saturated carbocycles. The summed E-state index contributed by atoms with van der Waals surface area (Å²) in [6, 6.07) is 7.17. The molecule has 0 aliphatic heterocycles. The van der Waals surface area contributed by atoms with Gasteiger partial charge in [0.2, 0.25) is 0 Å². The first-order valence-electron chi connectivity index (χ1n) is 8.42. The fourth-order valence-corrected chi connectivity index (χ4v) is 3.08. The summed E-state index contributed by atoms with van der Waals surface area (Å²) in [4.78, 5) is 28.0. The molecule has 0 bridgehead atoms. The Morgan fingerprint density at radius 2 is 1.93 bits per heavy atom. The largest absolute Gasteiger partial charge is 0.385 e. The molecule has 9 heteroatoms. The molecule has 28 heavy (non-hydrogen) atoms. The van der Waals surface area contributed by atoms with Crippen molar-refractivity contribution in [3.63, 3.8) is 0 Å². The Labute approximate surface area is 163 Å². The number of aromatic amines is 1. The zero-order valence-corrected chi connectivity index (χ0v) is 15.7. The maximum atomic E-state index is 13.3. The molecule has 1 amide bonds. The zero-order chi connectivity index (χ0) is 20.3. The molecular weight excluding hydrogens is 388 g/mol. The van der Waals surface area contributed by atoms with E-state index in [4.69, 9.17) is 17.0 Å². The number of benzene rings is 2. The number of H-pyrrole nitrogens is 1. The Morgan fingerprint density at radius 3 is 2.61 bits per heavy atom. The molecule has 3 aromatic rings. The molecule has 3 rings (SSSR count). The predicted octanol–water partition coefficient (Wildman–Crippen LogP) is 3.63. The smallest absolute Gasteiger partial charge is 0.262 e. The van der Waals surface area contributed by atoms with Crippen LogP contribution in [0, 0.1) is 16.4 Å². The van der Waals surface area contributed by atoms with Crippen LogP contribution in [0.4, 0.5) is 14.5 Å². The van der Waals surface area contributed by atoms with E-state index in [1.165, 1.54) is 22.8 Å². The summed E-state index contributed by atoms with van der Waals surface area (Å²) in [6.07, 6.45) is 0.629. The first kappa shape index (κ1) is 19.8. The first-order chi connectivity index (χ1) is 13.4. The van der Waals surface area contributed by atoms with Crippen LogP contribution in [-0.4, -0.2) is 29.2 Å². The Morgan fingerprint density at radius 1 is 1.21 bits per heavy atom. The van der Waals surface area contributed by atoms with Crippen LogP contribution in [0.3, 0.4) is 0 Å². The van der Waals surface area contributed by atoms with Crippen molar-refractivity contribution in [1.29, 1.82) is 0 Å². The van der Waals surface area contributed by atoms with Crippen molar-refractivity contribution in [3.8, 4) is 0 Å². The predicted molar refractivity (Wildman–Crippen MR) is 104 cm³/mol. The molecule has 0 radical (unpaired) electrons. The summed E-state index contributed by atoms with van der Waals surface area (Å²) in [5.74, 6) is -2.17. The minimum atomic E-state index is -0.799. The minimum Gasteiger partial charge on any atom is -0.385 e. The number of nitrogens with one attached hydrogen (secondary N) is 2. The third-order valence-corrected chi connectivity index (χ3v) is 4.42. The van der Waals surface area contributed by atoms with Gasteiger partial charge in [-0.3, -0.25) is 14.2 Å². The Hall–Kier alpha value is -2.91. The molecule has 0 fully saturated rings. The van der Waals surface area contributed by atoms with Gasteiger partial charge in [0.05, 0.1) is 10.9 Å². The van der Waals surface area contributed by atoms with Gasteiger partial charge in [-0.25, -0.2) is 8.78 Å². The number of aromatic nitrogens is 2. The standard InChI is InChI=1S/C19H17F2N3O3S/c1-27-6-2-5-24-18(26)15-4-3-11(7-16(15)23-19(24)28)17(25)22-14-9-12(20)8-13(21)10-14/h3-4,7-10H,2,5-6H2,1H3,(H,22,25)(H,23,28). The van der Waals surface area contributed by atoms with Crippen LogP contribution in [0.5, 0.6) is 0 Å². The zero-order valence-electron chi connectivity index (χ0n) is 14.9. The highest BCUT2D eigenvalue weighted by atomic mass is 32.1. The molecule has 146 valence electrons. The molecule has 1 aromatic heterocycles. The van der Waals surface area contributed by atoms with Crippen molar-refractivity contribution < 1.29 is 18.3 Å².